The molecule has 4 rings (SSSR count). The molecule has 7 heteroatoms. The second kappa shape index (κ2) is 9.35. The van der Waals surface area contributed by atoms with E-state index in [1.54, 1.807) is 24.3 Å². The van der Waals surface area contributed by atoms with Gasteiger partial charge in [0, 0.05) is 26.2 Å². The molecule has 1 fully saturated rings. The Balaban J connectivity index is 1.80. The number of aryl methyl sites for hydroxylation is 1. The predicted octanol–water partition coefficient (Wildman–Crippen LogP) is 2.75. The number of carbonyl (C=O) groups is 1. The lowest BCUT2D eigenvalue weighted by Gasteiger charge is -2.34. The molecule has 3 aromatic rings. The molecule has 0 N–H and O–H groups in total. The summed E-state index contributed by atoms with van der Waals surface area (Å²) < 4.78 is 2.63. The Bertz CT molecular complexity index is 1280. The summed E-state index contributed by atoms with van der Waals surface area (Å²) in [6.45, 7) is 12.1. The molecule has 0 saturated carbocycles. The lowest BCUT2D eigenvalue weighted by atomic mass is 10.0. The summed E-state index contributed by atoms with van der Waals surface area (Å²) >= 11 is 0. The van der Waals surface area contributed by atoms with Crippen molar-refractivity contribution in [2.24, 2.45) is 0 Å². The van der Waals surface area contributed by atoms with Gasteiger partial charge in [-0.05, 0) is 49.2 Å². The number of hydrogen-bond acceptors (Lipinski definition) is 4. The minimum atomic E-state index is -0.491. The molecule has 0 unspecified atom stereocenters. The van der Waals surface area contributed by atoms with Crippen molar-refractivity contribution >= 4 is 16.8 Å². The summed E-state index contributed by atoms with van der Waals surface area (Å²) in [5, 5.41) is 0.436. The number of rotatable bonds is 5. The van der Waals surface area contributed by atoms with E-state index >= 15 is 0 Å². The van der Waals surface area contributed by atoms with Gasteiger partial charge in [-0.15, -0.1) is 0 Å². The highest BCUT2D eigenvalue weighted by Crippen LogP contribution is 2.17. The van der Waals surface area contributed by atoms with Crippen LogP contribution in [0.4, 0.5) is 0 Å². The van der Waals surface area contributed by atoms with E-state index in [4.69, 9.17) is 0 Å². The summed E-state index contributed by atoms with van der Waals surface area (Å²) in [6.07, 6.45) is 0. The molecule has 1 amide bonds. The largest absolute Gasteiger partial charge is 0.339 e. The molecule has 2 aromatic carbocycles. The van der Waals surface area contributed by atoms with E-state index in [9.17, 15) is 14.4 Å². The highest BCUT2D eigenvalue weighted by atomic mass is 16.2. The fraction of sp³-hybridized carbons (Fsp3) is 0.423. The van der Waals surface area contributed by atoms with Crippen LogP contribution < -0.4 is 11.2 Å². The molecule has 0 aliphatic carbocycles. The maximum Gasteiger partial charge on any atom is 0.336 e. The van der Waals surface area contributed by atoms with E-state index in [1.165, 1.54) is 9.13 Å². The van der Waals surface area contributed by atoms with Crippen LogP contribution in [0.2, 0.25) is 0 Å². The molecule has 2 heterocycles. The van der Waals surface area contributed by atoms with Crippen molar-refractivity contribution < 1.29 is 4.79 Å². The van der Waals surface area contributed by atoms with Gasteiger partial charge in [0.05, 0.1) is 16.6 Å². The quantitative estimate of drug-likeness (QED) is 0.602. The molecule has 1 aliphatic heterocycles. The SMILES string of the molecule is CCN1CCN(C(=O)Cn2c(=O)n(-c3ccc(C(C)C)cc3)c(=O)c3cc(C)ccc32)CC1. The van der Waals surface area contributed by atoms with E-state index in [0.29, 0.717) is 35.6 Å². The Morgan fingerprint density at radius 1 is 0.970 bits per heavy atom. The highest BCUT2D eigenvalue weighted by Gasteiger charge is 2.23. The Kier molecular flexibility index (Phi) is 6.51. The minimum Gasteiger partial charge on any atom is -0.339 e. The number of carbonyl (C=O) groups excluding carboxylic acids is 1. The molecular formula is C26H32N4O3. The fourth-order valence-electron chi connectivity index (χ4n) is 4.43. The van der Waals surface area contributed by atoms with Crippen molar-refractivity contribution in [2.75, 3.05) is 32.7 Å². The first-order chi connectivity index (χ1) is 15.8. The van der Waals surface area contributed by atoms with Gasteiger partial charge in [-0.1, -0.05) is 44.5 Å². The molecule has 7 nitrogen and oxygen atoms in total. The molecule has 0 bridgehead atoms. The van der Waals surface area contributed by atoms with E-state index < -0.39 is 5.69 Å². The van der Waals surface area contributed by atoms with Gasteiger partial charge in [0.15, 0.2) is 0 Å². The van der Waals surface area contributed by atoms with Crippen LogP contribution in [0.15, 0.2) is 52.1 Å². The van der Waals surface area contributed by atoms with Crippen LogP contribution in [0.5, 0.6) is 0 Å². The first-order valence-electron chi connectivity index (χ1n) is 11.7. The van der Waals surface area contributed by atoms with Crippen molar-refractivity contribution in [2.45, 2.75) is 40.2 Å². The van der Waals surface area contributed by atoms with Gasteiger partial charge in [0.2, 0.25) is 5.91 Å². The third-order valence-electron chi connectivity index (χ3n) is 6.58. The van der Waals surface area contributed by atoms with Crippen LogP contribution >= 0.6 is 0 Å². The summed E-state index contributed by atoms with van der Waals surface area (Å²) in [5.74, 6) is 0.243. The van der Waals surface area contributed by atoms with E-state index in [-0.39, 0.29) is 18.0 Å². The van der Waals surface area contributed by atoms with Crippen LogP contribution in [0.25, 0.3) is 16.6 Å². The predicted molar refractivity (Wildman–Crippen MR) is 131 cm³/mol. The number of likely N-dealkylation sites (N-methyl/N-ethyl adjacent to an activating group) is 1. The molecule has 33 heavy (non-hydrogen) atoms. The van der Waals surface area contributed by atoms with Crippen molar-refractivity contribution in [3.05, 3.63) is 74.4 Å². The van der Waals surface area contributed by atoms with Gasteiger partial charge in [0.1, 0.15) is 6.54 Å². The summed E-state index contributed by atoms with van der Waals surface area (Å²) in [6, 6.07) is 12.9. The van der Waals surface area contributed by atoms with Crippen molar-refractivity contribution in [1.29, 1.82) is 0 Å². The first kappa shape index (κ1) is 23.0. The van der Waals surface area contributed by atoms with Crippen LogP contribution in [-0.4, -0.2) is 57.6 Å². The third-order valence-corrected chi connectivity index (χ3v) is 6.58. The molecule has 0 radical (unpaired) electrons. The Labute approximate surface area is 193 Å². The molecular weight excluding hydrogens is 416 g/mol. The average Bonchev–Trinajstić information content (AvgIpc) is 2.82. The number of nitrogens with zero attached hydrogens (tertiary/aromatic N) is 4. The summed E-state index contributed by atoms with van der Waals surface area (Å²) in [4.78, 5) is 44.2. The topological polar surface area (TPSA) is 67.5 Å². The van der Waals surface area contributed by atoms with Crippen LogP contribution in [0.1, 0.15) is 37.8 Å². The fourth-order valence-corrected chi connectivity index (χ4v) is 4.43. The zero-order valence-corrected chi connectivity index (χ0v) is 19.9. The maximum absolute atomic E-state index is 13.6. The van der Waals surface area contributed by atoms with E-state index in [1.807, 2.05) is 30.0 Å². The Morgan fingerprint density at radius 2 is 1.64 bits per heavy atom. The summed E-state index contributed by atoms with van der Waals surface area (Å²) in [7, 11) is 0. The summed E-state index contributed by atoms with van der Waals surface area (Å²) in [5.41, 5.74) is 2.20. The zero-order chi connectivity index (χ0) is 23.7. The van der Waals surface area contributed by atoms with Gasteiger partial charge < -0.3 is 9.80 Å². The van der Waals surface area contributed by atoms with Crippen molar-refractivity contribution in [3.8, 4) is 5.69 Å². The number of hydrogen-bond donors (Lipinski definition) is 0. The van der Waals surface area contributed by atoms with Crippen molar-refractivity contribution in [3.63, 3.8) is 0 Å². The number of fused-ring (bicyclic) bond motifs is 1. The number of amides is 1. The second-order valence-corrected chi connectivity index (χ2v) is 9.09. The van der Waals surface area contributed by atoms with Gasteiger partial charge in [-0.2, -0.15) is 0 Å². The molecule has 1 aromatic heterocycles. The number of benzene rings is 2. The maximum atomic E-state index is 13.6. The van der Waals surface area contributed by atoms with Gasteiger partial charge in [-0.25, -0.2) is 9.36 Å². The Morgan fingerprint density at radius 3 is 2.24 bits per heavy atom. The Hall–Kier alpha value is -3.19. The van der Waals surface area contributed by atoms with Gasteiger partial charge in [0.25, 0.3) is 5.56 Å². The standard InChI is InChI=1S/C26H32N4O3/c1-5-27-12-14-28(15-13-27)24(31)17-29-23-11-6-19(4)16-22(23)25(32)30(26(29)33)21-9-7-20(8-10-21)18(2)3/h6-11,16,18H,5,12-15,17H2,1-4H3. The molecule has 1 saturated heterocycles. The first-order valence-corrected chi connectivity index (χ1v) is 11.7. The smallest absolute Gasteiger partial charge is 0.336 e. The lowest BCUT2D eigenvalue weighted by Crippen LogP contribution is -2.50. The monoisotopic (exact) mass is 448 g/mol. The van der Waals surface area contributed by atoms with Crippen LogP contribution in [0, 0.1) is 6.92 Å². The van der Waals surface area contributed by atoms with E-state index in [0.717, 1.165) is 30.8 Å². The zero-order valence-electron chi connectivity index (χ0n) is 19.9. The van der Waals surface area contributed by atoms with Crippen molar-refractivity contribution in [1.82, 2.24) is 18.9 Å². The normalized spacial score (nSPS) is 14.9. The number of piperazine rings is 1. The van der Waals surface area contributed by atoms with Crippen LogP contribution in [0.3, 0.4) is 0 Å². The highest BCUT2D eigenvalue weighted by molar-refractivity contribution is 5.82. The average molecular weight is 449 g/mol. The van der Waals surface area contributed by atoms with Crippen LogP contribution in [-0.2, 0) is 11.3 Å². The molecule has 1 aliphatic rings. The second-order valence-electron chi connectivity index (χ2n) is 9.09. The van der Waals surface area contributed by atoms with Gasteiger partial charge in [-0.3, -0.25) is 14.2 Å². The third kappa shape index (κ3) is 4.50. The molecule has 174 valence electrons. The minimum absolute atomic E-state index is 0.0884. The van der Waals surface area contributed by atoms with E-state index in [2.05, 4.69) is 25.7 Å². The lowest BCUT2D eigenvalue weighted by molar-refractivity contribution is -0.133. The van der Waals surface area contributed by atoms with Gasteiger partial charge >= 0.3 is 5.69 Å². The molecule has 0 atom stereocenters. The number of aromatic nitrogens is 2. The molecule has 0 spiro atoms.